The highest BCUT2D eigenvalue weighted by molar-refractivity contribution is 5.75. The van der Waals surface area contributed by atoms with Gasteiger partial charge in [0, 0.05) is 25.7 Å². The fraction of sp³-hybridized carbons (Fsp3) is 0.324. The number of ether oxygens (including phenoxy) is 5. The van der Waals surface area contributed by atoms with Gasteiger partial charge in [-0.3, -0.25) is 19.1 Å². The summed E-state index contributed by atoms with van der Waals surface area (Å²) in [7, 11) is 4.70. The fourth-order valence-corrected chi connectivity index (χ4v) is 5.58. The number of carbonyl (C=O) groups excluding carboxylic acids is 1. The van der Waals surface area contributed by atoms with Crippen LogP contribution >= 0.6 is 0 Å². The Bertz CT molecular complexity index is 1660. The van der Waals surface area contributed by atoms with E-state index < -0.39 is 41.4 Å². The summed E-state index contributed by atoms with van der Waals surface area (Å²) < 4.78 is 31.1. The molecule has 1 saturated heterocycles. The van der Waals surface area contributed by atoms with Gasteiger partial charge in [0.25, 0.3) is 5.56 Å². The quantitative estimate of drug-likeness (QED) is 0.189. The Balaban J connectivity index is 1.54. The van der Waals surface area contributed by atoms with E-state index in [2.05, 4.69) is 10.3 Å². The zero-order chi connectivity index (χ0) is 32.7. The Kier molecular flexibility index (Phi) is 10.3. The molecule has 12 heteroatoms. The van der Waals surface area contributed by atoms with E-state index in [1.54, 1.807) is 14.2 Å². The number of methoxy groups -OCH3 is 2. The number of benzene rings is 3. The second-order valence-electron chi connectivity index (χ2n) is 10.6. The summed E-state index contributed by atoms with van der Waals surface area (Å²) in [6.45, 7) is -0.184. The maximum Gasteiger partial charge on any atom is 0.330 e. The molecule has 3 aromatic carbocycles. The van der Waals surface area contributed by atoms with Crippen molar-refractivity contribution in [1.82, 2.24) is 14.9 Å². The summed E-state index contributed by atoms with van der Waals surface area (Å²) in [5.41, 5.74) is -0.132. The molecule has 1 amide bonds. The van der Waals surface area contributed by atoms with Crippen molar-refractivity contribution in [2.24, 2.45) is 0 Å². The highest BCUT2D eigenvalue weighted by Crippen LogP contribution is 2.43. The van der Waals surface area contributed by atoms with E-state index in [1.807, 2.05) is 78.9 Å². The van der Waals surface area contributed by atoms with E-state index in [0.29, 0.717) is 11.5 Å². The van der Waals surface area contributed by atoms with E-state index >= 15 is 0 Å². The van der Waals surface area contributed by atoms with Crippen LogP contribution in [0.4, 0.5) is 0 Å². The number of nitrogens with one attached hydrogen (secondary N) is 2. The molecule has 4 aromatic rings. The normalized spacial score (nSPS) is 19.5. The Morgan fingerprint density at radius 1 is 0.913 bits per heavy atom. The minimum absolute atomic E-state index is 0.0280. The number of nitrogens with zero attached hydrogens (tertiary/aromatic N) is 1. The monoisotopic (exact) mass is 631 g/mol. The lowest BCUT2D eigenvalue weighted by Gasteiger charge is -2.37. The van der Waals surface area contributed by atoms with E-state index in [-0.39, 0.29) is 25.5 Å². The highest BCUT2D eigenvalue weighted by Gasteiger charge is 2.48. The first kappa shape index (κ1) is 32.6. The molecular formula is C34H37N3O9. The van der Waals surface area contributed by atoms with Gasteiger partial charge in [0.05, 0.1) is 27.4 Å². The topological polar surface area (TPSA) is 150 Å². The molecule has 0 aliphatic carbocycles. The number of aliphatic hydroxyl groups excluding tert-OH is 1. The molecule has 12 nitrogen and oxygen atoms in total. The van der Waals surface area contributed by atoms with Crippen molar-refractivity contribution < 1.29 is 33.6 Å². The first-order chi connectivity index (χ1) is 22.3. The molecule has 0 radical (unpaired) electrons. The van der Waals surface area contributed by atoms with Gasteiger partial charge in [-0.15, -0.1) is 0 Å². The SMILES string of the molecule is CNC(=O)CCO[C@H]1C(O)[C@@H](COC(c2ccccc2)(c2ccc(OC)cc2)c2ccc(OC)cc2)O[C@H]1n1ccc(=O)[nH]c1=O. The minimum atomic E-state index is -1.27. The third-order valence-electron chi connectivity index (χ3n) is 7.99. The molecule has 1 aliphatic heterocycles. The van der Waals surface area contributed by atoms with Crippen LogP contribution in [0.2, 0.25) is 0 Å². The smallest absolute Gasteiger partial charge is 0.330 e. The fourth-order valence-electron chi connectivity index (χ4n) is 5.58. The van der Waals surface area contributed by atoms with E-state index in [0.717, 1.165) is 21.3 Å². The number of aromatic nitrogens is 2. The lowest BCUT2D eigenvalue weighted by molar-refractivity contribution is -0.124. The second kappa shape index (κ2) is 14.6. The number of hydrogen-bond donors (Lipinski definition) is 3. The van der Waals surface area contributed by atoms with Gasteiger partial charge >= 0.3 is 5.69 Å². The highest BCUT2D eigenvalue weighted by atomic mass is 16.6. The molecule has 4 atom stereocenters. The van der Waals surface area contributed by atoms with Gasteiger partial charge in [0.1, 0.15) is 35.4 Å². The van der Waals surface area contributed by atoms with Crippen LogP contribution in [0.15, 0.2) is 101 Å². The number of amides is 1. The molecule has 0 saturated carbocycles. The first-order valence-corrected chi connectivity index (χ1v) is 14.8. The number of aromatic amines is 1. The van der Waals surface area contributed by atoms with Crippen LogP contribution < -0.4 is 26.0 Å². The van der Waals surface area contributed by atoms with Gasteiger partial charge in [-0.05, 0) is 41.0 Å². The van der Waals surface area contributed by atoms with Crippen molar-refractivity contribution in [3.63, 3.8) is 0 Å². The summed E-state index contributed by atoms with van der Waals surface area (Å²) in [5, 5.41) is 14.1. The Hall–Kier alpha value is -4.75. The predicted molar refractivity (Wildman–Crippen MR) is 168 cm³/mol. The van der Waals surface area contributed by atoms with Gasteiger partial charge in [0.15, 0.2) is 6.23 Å². The molecule has 2 heterocycles. The lowest BCUT2D eigenvalue weighted by Crippen LogP contribution is -2.41. The first-order valence-electron chi connectivity index (χ1n) is 14.8. The maximum absolute atomic E-state index is 12.8. The molecule has 3 N–H and O–H groups in total. The molecule has 1 unspecified atom stereocenters. The number of aliphatic hydroxyl groups is 1. The van der Waals surface area contributed by atoms with Gasteiger partial charge in [-0.2, -0.15) is 0 Å². The third kappa shape index (κ3) is 6.75. The Morgan fingerprint density at radius 2 is 1.50 bits per heavy atom. The van der Waals surface area contributed by atoms with Crippen LogP contribution in [0.3, 0.4) is 0 Å². The molecule has 0 spiro atoms. The largest absolute Gasteiger partial charge is 0.497 e. The van der Waals surface area contributed by atoms with Crippen molar-refractivity contribution in [3.8, 4) is 11.5 Å². The van der Waals surface area contributed by atoms with Gasteiger partial charge in [-0.25, -0.2) is 4.79 Å². The van der Waals surface area contributed by atoms with Crippen LogP contribution in [-0.2, 0) is 24.6 Å². The van der Waals surface area contributed by atoms with Gasteiger partial charge < -0.3 is 34.1 Å². The average Bonchev–Trinajstić information content (AvgIpc) is 3.40. The Morgan fingerprint density at radius 3 is 2.04 bits per heavy atom. The van der Waals surface area contributed by atoms with Crippen molar-refractivity contribution in [2.75, 3.05) is 34.5 Å². The molecule has 46 heavy (non-hydrogen) atoms. The van der Waals surface area contributed by atoms with Crippen LogP contribution in [0, 0.1) is 0 Å². The third-order valence-corrected chi connectivity index (χ3v) is 7.99. The summed E-state index contributed by atoms with van der Waals surface area (Å²) >= 11 is 0. The number of carbonyl (C=O) groups is 1. The Labute approximate surface area is 265 Å². The van der Waals surface area contributed by atoms with E-state index in [9.17, 15) is 19.5 Å². The van der Waals surface area contributed by atoms with Gasteiger partial charge in [0.2, 0.25) is 5.91 Å². The van der Waals surface area contributed by atoms with E-state index in [4.69, 9.17) is 23.7 Å². The van der Waals surface area contributed by atoms with Crippen LogP contribution in [0.25, 0.3) is 0 Å². The standard InChI is InChI=1S/C34H37N3O9/c1-35-28(38)18-20-44-31-30(40)27(46-32(31)37-19-17-29(39)36-33(37)41)21-45-34(22-7-5-4-6-8-22,23-9-13-25(42-2)14-10-23)24-11-15-26(43-3)16-12-24/h4-17,19,27,30-32,40H,18,20-21H2,1-3H3,(H,35,38)(H,36,39,41)/t27-,30?,31+,32-/m1/s1. The predicted octanol–water partition coefficient (Wildman–Crippen LogP) is 2.34. The van der Waals surface area contributed by atoms with Crippen LogP contribution in [0.5, 0.6) is 11.5 Å². The molecule has 1 fully saturated rings. The lowest BCUT2D eigenvalue weighted by atomic mass is 9.80. The zero-order valence-corrected chi connectivity index (χ0v) is 25.8. The number of hydrogen-bond acceptors (Lipinski definition) is 9. The van der Waals surface area contributed by atoms with Crippen LogP contribution in [-0.4, -0.2) is 73.4 Å². The molecule has 242 valence electrons. The van der Waals surface area contributed by atoms with Crippen molar-refractivity contribution in [1.29, 1.82) is 0 Å². The zero-order valence-electron chi connectivity index (χ0n) is 25.8. The molecular weight excluding hydrogens is 594 g/mol. The van der Waals surface area contributed by atoms with Crippen molar-refractivity contribution >= 4 is 5.91 Å². The molecule has 5 rings (SSSR count). The summed E-state index contributed by atoms with van der Waals surface area (Å²) in [6.07, 6.45) is -3.12. The molecule has 1 aromatic heterocycles. The molecule has 1 aliphatic rings. The number of rotatable bonds is 13. The molecule has 0 bridgehead atoms. The van der Waals surface area contributed by atoms with Gasteiger partial charge in [-0.1, -0.05) is 54.6 Å². The van der Waals surface area contributed by atoms with Crippen LogP contribution in [0.1, 0.15) is 29.3 Å². The summed E-state index contributed by atoms with van der Waals surface area (Å²) in [4.78, 5) is 38.6. The number of H-pyrrole nitrogens is 1. The minimum Gasteiger partial charge on any atom is -0.497 e. The average molecular weight is 632 g/mol. The van der Waals surface area contributed by atoms with Crippen molar-refractivity contribution in [2.45, 2.75) is 36.6 Å². The second-order valence-corrected chi connectivity index (χ2v) is 10.6. The summed E-state index contributed by atoms with van der Waals surface area (Å²) in [6, 6.07) is 25.8. The maximum atomic E-state index is 12.8. The van der Waals surface area contributed by atoms with E-state index in [1.165, 1.54) is 19.3 Å². The summed E-state index contributed by atoms with van der Waals surface area (Å²) in [5.74, 6) is 1.08. The van der Waals surface area contributed by atoms with Crippen molar-refractivity contribution in [3.05, 3.63) is 129 Å².